The Balaban J connectivity index is 2.22. The maximum absolute atomic E-state index is 11.5. The van der Waals surface area contributed by atoms with Gasteiger partial charge in [-0.25, -0.2) is 0 Å². The lowest BCUT2D eigenvalue weighted by molar-refractivity contribution is -0.117. The normalized spacial score (nSPS) is 20.2. The molecule has 84 valence electrons. The Morgan fingerprint density at radius 3 is 2.44 bits per heavy atom. The highest BCUT2D eigenvalue weighted by molar-refractivity contribution is 5.97. The number of carbonyl (C=O) groups is 2. The van der Waals surface area contributed by atoms with E-state index in [9.17, 15) is 14.7 Å². The quantitative estimate of drug-likeness (QED) is 0.754. The van der Waals surface area contributed by atoms with Crippen molar-refractivity contribution in [3.05, 3.63) is 29.8 Å². The lowest BCUT2D eigenvalue weighted by atomic mass is 10.1. The molecule has 4 nitrogen and oxygen atoms in total. The van der Waals surface area contributed by atoms with E-state index >= 15 is 0 Å². The molecule has 1 aliphatic rings. The summed E-state index contributed by atoms with van der Waals surface area (Å²) in [6, 6.07) is 6.84. The van der Waals surface area contributed by atoms with Crippen LogP contribution >= 0.6 is 0 Å². The highest BCUT2D eigenvalue weighted by atomic mass is 16.3. The van der Waals surface area contributed by atoms with Crippen LogP contribution in [0.15, 0.2) is 24.3 Å². The summed E-state index contributed by atoms with van der Waals surface area (Å²) < 4.78 is 0. The number of carbonyl (C=O) groups excluding carboxylic acids is 2. The van der Waals surface area contributed by atoms with E-state index in [0.29, 0.717) is 12.1 Å². The van der Waals surface area contributed by atoms with E-state index in [-0.39, 0.29) is 18.1 Å². The predicted molar refractivity (Wildman–Crippen MR) is 59.4 cm³/mol. The maximum atomic E-state index is 11.5. The monoisotopic (exact) mass is 219 g/mol. The van der Waals surface area contributed by atoms with Gasteiger partial charge < -0.3 is 10.0 Å². The average molecular weight is 219 g/mol. The summed E-state index contributed by atoms with van der Waals surface area (Å²) in [6.45, 7) is 1.83. The van der Waals surface area contributed by atoms with Gasteiger partial charge in [-0.1, -0.05) is 0 Å². The Labute approximate surface area is 93.5 Å². The van der Waals surface area contributed by atoms with E-state index in [0.717, 1.165) is 5.69 Å². The molecule has 2 rings (SSSR count). The number of amides is 1. The van der Waals surface area contributed by atoms with Gasteiger partial charge in [0, 0.05) is 11.3 Å². The smallest absolute Gasteiger partial charge is 0.229 e. The first-order valence-corrected chi connectivity index (χ1v) is 5.17. The Morgan fingerprint density at radius 1 is 1.38 bits per heavy atom. The van der Waals surface area contributed by atoms with Gasteiger partial charge in [-0.15, -0.1) is 0 Å². The van der Waals surface area contributed by atoms with E-state index in [1.54, 1.807) is 24.3 Å². The molecule has 1 aliphatic heterocycles. The van der Waals surface area contributed by atoms with Gasteiger partial charge in [-0.05, 0) is 31.2 Å². The van der Waals surface area contributed by atoms with Crippen molar-refractivity contribution in [1.82, 2.24) is 0 Å². The van der Waals surface area contributed by atoms with Crippen LogP contribution in [0.1, 0.15) is 23.7 Å². The molecule has 0 aliphatic carbocycles. The number of aliphatic hydroxyl groups is 1. The van der Waals surface area contributed by atoms with Crippen molar-refractivity contribution < 1.29 is 14.7 Å². The Hall–Kier alpha value is -1.68. The number of aliphatic hydroxyl groups excluding tert-OH is 1. The van der Waals surface area contributed by atoms with Crippen LogP contribution in [-0.4, -0.2) is 29.4 Å². The number of hydrogen-bond acceptors (Lipinski definition) is 3. The van der Waals surface area contributed by atoms with Crippen LogP contribution in [0.25, 0.3) is 0 Å². The summed E-state index contributed by atoms with van der Waals surface area (Å²) in [6.07, 6.45) is -0.408. The second kappa shape index (κ2) is 4.06. The van der Waals surface area contributed by atoms with Crippen LogP contribution in [0.4, 0.5) is 5.69 Å². The number of hydrogen-bond donors (Lipinski definition) is 1. The van der Waals surface area contributed by atoms with E-state index in [2.05, 4.69) is 0 Å². The van der Waals surface area contributed by atoms with Crippen molar-refractivity contribution in [3.8, 4) is 0 Å². The number of β-amino-alcohol motifs (C(OH)–C–C–N with tert-alkyl or cyclic N) is 1. The first-order valence-electron chi connectivity index (χ1n) is 5.17. The molecule has 4 heteroatoms. The molecule has 0 bridgehead atoms. The molecule has 1 fully saturated rings. The maximum Gasteiger partial charge on any atom is 0.229 e. The molecule has 1 aromatic carbocycles. The van der Waals surface area contributed by atoms with Crippen LogP contribution in [0.2, 0.25) is 0 Å². The minimum atomic E-state index is -0.583. The fourth-order valence-corrected chi connectivity index (χ4v) is 1.81. The molecule has 0 aromatic heterocycles. The van der Waals surface area contributed by atoms with Gasteiger partial charge in [0.25, 0.3) is 0 Å². The Bertz CT molecular complexity index is 424. The van der Waals surface area contributed by atoms with Crippen molar-refractivity contribution in [2.45, 2.75) is 19.4 Å². The van der Waals surface area contributed by atoms with Gasteiger partial charge in [0.05, 0.1) is 19.1 Å². The number of anilines is 1. The van der Waals surface area contributed by atoms with Gasteiger partial charge in [0.2, 0.25) is 5.91 Å². The third-order valence-corrected chi connectivity index (χ3v) is 2.69. The van der Waals surface area contributed by atoms with Gasteiger partial charge >= 0.3 is 0 Å². The SMILES string of the molecule is CC(=O)c1ccc(N2CC(O)CC2=O)cc1. The van der Waals surface area contributed by atoms with Gasteiger partial charge in [-0.2, -0.15) is 0 Å². The molecule has 1 atom stereocenters. The standard InChI is InChI=1S/C12H13NO3/c1-8(14)9-2-4-10(5-3-9)13-7-11(15)6-12(13)16/h2-5,11,15H,6-7H2,1H3. The highest BCUT2D eigenvalue weighted by Gasteiger charge is 2.28. The number of ketones is 1. The summed E-state index contributed by atoms with van der Waals surface area (Å²) >= 11 is 0. The van der Waals surface area contributed by atoms with Crippen molar-refractivity contribution in [2.24, 2.45) is 0 Å². The summed E-state index contributed by atoms with van der Waals surface area (Å²) in [4.78, 5) is 24.1. The Kier molecular flexibility index (Phi) is 2.75. The zero-order chi connectivity index (χ0) is 11.7. The van der Waals surface area contributed by atoms with Crippen LogP contribution in [0.5, 0.6) is 0 Å². The molecule has 0 spiro atoms. The van der Waals surface area contributed by atoms with Crippen molar-refractivity contribution in [1.29, 1.82) is 0 Å². The zero-order valence-corrected chi connectivity index (χ0v) is 9.01. The number of benzene rings is 1. The van der Waals surface area contributed by atoms with E-state index < -0.39 is 6.10 Å². The van der Waals surface area contributed by atoms with E-state index in [1.165, 1.54) is 11.8 Å². The van der Waals surface area contributed by atoms with Crippen molar-refractivity contribution >= 4 is 17.4 Å². The fourth-order valence-electron chi connectivity index (χ4n) is 1.81. The second-order valence-corrected chi connectivity index (χ2v) is 3.97. The number of Topliss-reactive ketones (excluding diaryl/α,β-unsaturated/α-hetero) is 1. The third kappa shape index (κ3) is 1.97. The van der Waals surface area contributed by atoms with Crippen molar-refractivity contribution in [3.63, 3.8) is 0 Å². The molecule has 0 radical (unpaired) electrons. The molecular weight excluding hydrogens is 206 g/mol. The predicted octanol–water partition coefficient (Wildman–Crippen LogP) is 0.987. The van der Waals surface area contributed by atoms with E-state index in [1.807, 2.05) is 0 Å². The fraction of sp³-hybridized carbons (Fsp3) is 0.333. The minimum Gasteiger partial charge on any atom is -0.391 e. The molecule has 1 N–H and O–H groups in total. The summed E-state index contributed by atoms with van der Waals surface area (Å²) in [7, 11) is 0. The van der Waals surface area contributed by atoms with Crippen LogP contribution < -0.4 is 4.90 Å². The molecule has 0 saturated carbocycles. The van der Waals surface area contributed by atoms with Crippen LogP contribution in [-0.2, 0) is 4.79 Å². The average Bonchev–Trinajstić information content (AvgIpc) is 2.58. The highest BCUT2D eigenvalue weighted by Crippen LogP contribution is 2.21. The zero-order valence-electron chi connectivity index (χ0n) is 9.01. The van der Waals surface area contributed by atoms with E-state index in [4.69, 9.17) is 0 Å². The number of nitrogens with zero attached hydrogens (tertiary/aromatic N) is 1. The largest absolute Gasteiger partial charge is 0.391 e. The topological polar surface area (TPSA) is 57.6 Å². The molecular formula is C12H13NO3. The minimum absolute atomic E-state index is 0.000617. The van der Waals surface area contributed by atoms with Crippen molar-refractivity contribution in [2.75, 3.05) is 11.4 Å². The lowest BCUT2D eigenvalue weighted by Crippen LogP contribution is -2.25. The first kappa shape index (κ1) is 10.8. The van der Waals surface area contributed by atoms with Crippen LogP contribution in [0.3, 0.4) is 0 Å². The Morgan fingerprint density at radius 2 is 2.00 bits per heavy atom. The van der Waals surface area contributed by atoms with Gasteiger partial charge in [-0.3, -0.25) is 9.59 Å². The molecule has 1 amide bonds. The molecule has 1 aromatic rings. The summed E-state index contributed by atoms with van der Waals surface area (Å²) in [5.74, 6) is -0.0811. The van der Waals surface area contributed by atoms with Crippen LogP contribution in [0, 0.1) is 0 Å². The number of rotatable bonds is 2. The molecule has 16 heavy (non-hydrogen) atoms. The lowest BCUT2D eigenvalue weighted by Gasteiger charge is -2.15. The second-order valence-electron chi connectivity index (χ2n) is 3.97. The van der Waals surface area contributed by atoms with Gasteiger partial charge in [0.15, 0.2) is 5.78 Å². The molecule has 1 saturated heterocycles. The third-order valence-electron chi connectivity index (χ3n) is 2.69. The molecule has 1 unspecified atom stereocenters. The summed E-state index contributed by atoms with van der Waals surface area (Å²) in [5.41, 5.74) is 1.35. The summed E-state index contributed by atoms with van der Waals surface area (Å²) in [5, 5.41) is 9.36. The molecule has 1 heterocycles. The first-order chi connectivity index (χ1) is 7.58. The van der Waals surface area contributed by atoms with Gasteiger partial charge in [0.1, 0.15) is 0 Å².